The highest BCUT2D eigenvalue weighted by molar-refractivity contribution is 6.87. The lowest BCUT2D eigenvalue weighted by Gasteiger charge is -2.32. The Kier molecular flexibility index (Phi) is 6.94. The van der Waals surface area contributed by atoms with E-state index in [-0.39, 0.29) is 0 Å². The lowest BCUT2D eigenvalue weighted by molar-refractivity contribution is 0.191. The highest BCUT2D eigenvalue weighted by Gasteiger charge is 2.40. The van der Waals surface area contributed by atoms with Crippen molar-refractivity contribution in [1.29, 1.82) is 0 Å². The molecule has 0 saturated carbocycles. The molecule has 0 atom stereocenters. The molecule has 0 spiro atoms. The third kappa shape index (κ3) is 6.47. The maximum absolute atomic E-state index is 5.83. The van der Waals surface area contributed by atoms with Gasteiger partial charge in [0.15, 0.2) is 8.32 Å². The van der Waals surface area contributed by atoms with Crippen molar-refractivity contribution in [1.82, 2.24) is 0 Å². The number of hydrogen-bond acceptors (Lipinski definition) is 3. The average Bonchev–Trinajstić information content (AvgIpc) is 2.02. The van der Waals surface area contributed by atoms with Gasteiger partial charge < -0.3 is 13.3 Å². The van der Waals surface area contributed by atoms with Crippen molar-refractivity contribution >= 4 is 16.9 Å². The SMILES string of the molecule is CCO[Si](C)(C)C[Si](C)(OCC)OCC. The van der Waals surface area contributed by atoms with Gasteiger partial charge in [0, 0.05) is 25.5 Å². The molecule has 0 aliphatic rings. The average molecular weight is 250 g/mol. The summed E-state index contributed by atoms with van der Waals surface area (Å²) in [6, 6.07) is 0. The summed E-state index contributed by atoms with van der Waals surface area (Å²) in [7, 11) is -3.59. The van der Waals surface area contributed by atoms with Gasteiger partial charge in [0.2, 0.25) is 0 Å². The first-order valence-corrected chi connectivity index (χ1v) is 11.4. The first kappa shape index (κ1) is 15.3. The van der Waals surface area contributed by atoms with Gasteiger partial charge in [-0.1, -0.05) is 0 Å². The van der Waals surface area contributed by atoms with Crippen molar-refractivity contribution < 1.29 is 13.3 Å². The number of rotatable bonds is 8. The molecular formula is C10H26O3Si2. The molecule has 15 heavy (non-hydrogen) atoms. The highest BCUT2D eigenvalue weighted by atomic mass is 28.4. The Balaban J connectivity index is 4.37. The van der Waals surface area contributed by atoms with E-state index in [0.717, 1.165) is 25.5 Å². The predicted molar refractivity (Wildman–Crippen MR) is 68.8 cm³/mol. The minimum absolute atomic E-state index is 0.735. The zero-order chi connectivity index (χ0) is 11.9. The fourth-order valence-electron chi connectivity index (χ4n) is 1.97. The van der Waals surface area contributed by atoms with Crippen LogP contribution in [0.3, 0.4) is 0 Å². The van der Waals surface area contributed by atoms with Gasteiger partial charge in [-0.2, -0.15) is 0 Å². The molecule has 0 aromatic heterocycles. The largest absolute Gasteiger partial charge is 0.418 e. The van der Waals surface area contributed by atoms with Gasteiger partial charge in [-0.25, -0.2) is 0 Å². The van der Waals surface area contributed by atoms with Crippen LogP contribution < -0.4 is 0 Å². The lowest BCUT2D eigenvalue weighted by Crippen LogP contribution is -2.48. The molecular weight excluding hydrogens is 224 g/mol. The quantitative estimate of drug-likeness (QED) is 0.620. The van der Waals surface area contributed by atoms with Gasteiger partial charge in [0.05, 0.1) is 0 Å². The monoisotopic (exact) mass is 250 g/mol. The molecule has 0 aliphatic heterocycles. The van der Waals surface area contributed by atoms with Crippen molar-refractivity contribution in [3.8, 4) is 0 Å². The van der Waals surface area contributed by atoms with E-state index in [4.69, 9.17) is 13.3 Å². The molecule has 0 unspecified atom stereocenters. The van der Waals surface area contributed by atoms with Gasteiger partial charge in [0.25, 0.3) is 0 Å². The molecule has 0 amide bonds. The standard InChI is InChI=1S/C10H26O3Si2/c1-7-11-14(4,5)10-15(6,12-8-2)13-9-3/h7-10H2,1-6H3. The molecule has 5 heteroatoms. The summed E-state index contributed by atoms with van der Waals surface area (Å²) in [5, 5.41) is 0. The fraction of sp³-hybridized carbons (Fsp3) is 1.00. The third-order valence-electron chi connectivity index (χ3n) is 2.18. The topological polar surface area (TPSA) is 27.7 Å². The zero-order valence-electron chi connectivity index (χ0n) is 11.1. The molecule has 3 nitrogen and oxygen atoms in total. The molecule has 0 aromatic rings. The second-order valence-corrected chi connectivity index (χ2v) is 12.4. The van der Waals surface area contributed by atoms with Gasteiger partial charge in [-0.15, -0.1) is 0 Å². The van der Waals surface area contributed by atoms with Gasteiger partial charge in [-0.3, -0.25) is 0 Å². The molecule has 0 N–H and O–H groups in total. The lowest BCUT2D eigenvalue weighted by atomic mass is 10.9. The zero-order valence-corrected chi connectivity index (χ0v) is 13.1. The molecule has 0 radical (unpaired) electrons. The van der Waals surface area contributed by atoms with Crippen LogP contribution in [0.2, 0.25) is 25.3 Å². The third-order valence-corrected chi connectivity index (χ3v) is 11.0. The van der Waals surface area contributed by atoms with E-state index in [2.05, 4.69) is 26.6 Å². The Labute approximate surface area is 96.5 Å². The smallest absolute Gasteiger partial charge is 0.334 e. The van der Waals surface area contributed by atoms with E-state index in [0.29, 0.717) is 0 Å². The van der Waals surface area contributed by atoms with Crippen LogP contribution in [0, 0.1) is 0 Å². The Bertz CT molecular complexity index is 168. The molecule has 0 fully saturated rings. The van der Waals surface area contributed by atoms with Crippen LogP contribution in [-0.4, -0.2) is 36.7 Å². The normalized spacial score (nSPS) is 13.2. The summed E-state index contributed by atoms with van der Waals surface area (Å²) in [4.78, 5) is 0. The van der Waals surface area contributed by atoms with Crippen LogP contribution in [0.1, 0.15) is 20.8 Å². The molecule has 0 aliphatic carbocycles. The molecule has 0 saturated heterocycles. The highest BCUT2D eigenvalue weighted by Crippen LogP contribution is 2.22. The van der Waals surface area contributed by atoms with Crippen LogP contribution in [-0.2, 0) is 13.3 Å². The molecule has 0 rings (SSSR count). The summed E-state index contributed by atoms with van der Waals surface area (Å²) in [6.07, 6.45) is 0. The van der Waals surface area contributed by atoms with E-state index in [1.807, 2.05) is 13.8 Å². The van der Waals surface area contributed by atoms with E-state index in [1.165, 1.54) is 0 Å². The molecule has 0 aromatic carbocycles. The summed E-state index contributed by atoms with van der Waals surface area (Å²) in [5.74, 6) is 0. The van der Waals surface area contributed by atoms with Crippen molar-refractivity contribution in [3.63, 3.8) is 0 Å². The Morgan fingerprint density at radius 2 is 1.13 bits per heavy atom. The molecule has 0 bridgehead atoms. The van der Waals surface area contributed by atoms with Crippen LogP contribution in [0.15, 0.2) is 0 Å². The van der Waals surface area contributed by atoms with Gasteiger partial charge in [-0.05, 0) is 40.4 Å². The van der Waals surface area contributed by atoms with Crippen LogP contribution in [0.25, 0.3) is 0 Å². The van der Waals surface area contributed by atoms with Crippen molar-refractivity contribution in [2.75, 3.05) is 19.8 Å². The van der Waals surface area contributed by atoms with E-state index >= 15 is 0 Å². The maximum Gasteiger partial charge on any atom is 0.334 e. The Morgan fingerprint density at radius 3 is 1.47 bits per heavy atom. The summed E-state index contributed by atoms with van der Waals surface area (Å²) in [6.45, 7) is 15.0. The molecule has 0 heterocycles. The minimum Gasteiger partial charge on any atom is -0.418 e. The fourth-order valence-corrected chi connectivity index (χ4v) is 11.5. The van der Waals surface area contributed by atoms with Crippen molar-refractivity contribution in [2.24, 2.45) is 0 Å². The summed E-state index contributed by atoms with van der Waals surface area (Å²) < 4.78 is 17.5. The van der Waals surface area contributed by atoms with Crippen molar-refractivity contribution in [3.05, 3.63) is 0 Å². The second kappa shape index (κ2) is 6.80. The first-order chi connectivity index (χ1) is 6.89. The summed E-state index contributed by atoms with van der Waals surface area (Å²) >= 11 is 0. The van der Waals surface area contributed by atoms with Crippen LogP contribution >= 0.6 is 0 Å². The van der Waals surface area contributed by atoms with Crippen LogP contribution in [0.5, 0.6) is 0 Å². The first-order valence-electron chi connectivity index (χ1n) is 5.81. The number of hydrogen-bond donors (Lipinski definition) is 0. The second-order valence-electron chi connectivity index (χ2n) is 4.37. The summed E-state index contributed by atoms with van der Waals surface area (Å²) in [5.41, 5.74) is 1.01. The van der Waals surface area contributed by atoms with E-state index < -0.39 is 16.9 Å². The Hall–Kier alpha value is 0.314. The minimum atomic E-state index is -1.99. The van der Waals surface area contributed by atoms with E-state index in [9.17, 15) is 0 Å². The van der Waals surface area contributed by atoms with Crippen LogP contribution in [0.4, 0.5) is 0 Å². The predicted octanol–water partition coefficient (Wildman–Crippen LogP) is 2.91. The molecule has 92 valence electrons. The van der Waals surface area contributed by atoms with Gasteiger partial charge >= 0.3 is 8.56 Å². The maximum atomic E-state index is 5.83. The Morgan fingerprint density at radius 1 is 0.733 bits per heavy atom. The van der Waals surface area contributed by atoms with E-state index in [1.54, 1.807) is 0 Å². The van der Waals surface area contributed by atoms with Gasteiger partial charge in [0.1, 0.15) is 0 Å². The van der Waals surface area contributed by atoms with Crippen molar-refractivity contribution in [2.45, 2.75) is 46.1 Å².